The fourth-order valence-electron chi connectivity index (χ4n) is 1.85. The molecule has 0 aliphatic carbocycles. The number of carbonyl (C=O) groups excluding carboxylic acids is 1. The van der Waals surface area contributed by atoms with Crippen LogP contribution in [0.25, 0.3) is 11.1 Å². The van der Waals surface area contributed by atoms with E-state index >= 15 is 0 Å². The zero-order valence-corrected chi connectivity index (χ0v) is 9.45. The summed E-state index contributed by atoms with van der Waals surface area (Å²) in [6.07, 6.45) is 2.66. The standard InChI is InChI=1S/C13H14N2O/c1-3-10-6-4-5-7-11(10)12-8-14-15-13(12)9(2)16/h4-8H,3H2,1-2H3,(H,14,15). The Hall–Kier alpha value is -1.90. The smallest absolute Gasteiger partial charge is 0.178 e. The predicted molar refractivity (Wildman–Crippen MR) is 63.4 cm³/mol. The van der Waals surface area contributed by atoms with Crippen molar-refractivity contribution in [2.45, 2.75) is 20.3 Å². The van der Waals surface area contributed by atoms with E-state index in [-0.39, 0.29) is 5.78 Å². The lowest BCUT2D eigenvalue weighted by molar-refractivity contribution is 0.101. The van der Waals surface area contributed by atoms with E-state index in [0.29, 0.717) is 5.69 Å². The fraction of sp³-hybridized carbons (Fsp3) is 0.231. The molecule has 0 radical (unpaired) electrons. The van der Waals surface area contributed by atoms with Crippen LogP contribution in [0.15, 0.2) is 30.5 Å². The Morgan fingerprint density at radius 2 is 2.06 bits per heavy atom. The molecule has 1 N–H and O–H groups in total. The summed E-state index contributed by atoms with van der Waals surface area (Å²) in [6, 6.07) is 8.09. The number of ketones is 1. The number of nitrogens with one attached hydrogen (secondary N) is 1. The van der Waals surface area contributed by atoms with E-state index in [1.54, 1.807) is 13.1 Å². The van der Waals surface area contributed by atoms with Crippen LogP contribution in [0.3, 0.4) is 0 Å². The molecule has 0 saturated heterocycles. The Morgan fingerprint density at radius 3 is 2.75 bits per heavy atom. The van der Waals surface area contributed by atoms with Crippen molar-refractivity contribution in [3.63, 3.8) is 0 Å². The molecule has 0 bridgehead atoms. The Balaban J connectivity index is 2.58. The lowest BCUT2D eigenvalue weighted by Crippen LogP contribution is -1.96. The largest absolute Gasteiger partial charge is 0.293 e. The number of benzene rings is 1. The minimum atomic E-state index is 0.0124. The number of Topliss-reactive ketones (excluding diaryl/α,β-unsaturated/α-hetero) is 1. The number of nitrogens with zero attached hydrogens (tertiary/aromatic N) is 1. The van der Waals surface area contributed by atoms with Crippen LogP contribution in [-0.4, -0.2) is 16.0 Å². The maximum absolute atomic E-state index is 11.4. The summed E-state index contributed by atoms with van der Waals surface area (Å²) in [7, 11) is 0. The monoisotopic (exact) mass is 214 g/mol. The van der Waals surface area contributed by atoms with Crippen molar-refractivity contribution in [2.24, 2.45) is 0 Å². The van der Waals surface area contributed by atoms with Crippen molar-refractivity contribution in [3.8, 4) is 11.1 Å². The van der Waals surface area contributed by atoms with Gasteiger partial charge in [-0.05, 0) is 17.5 Å². The van der Waals surface area contributed by atoms with E-state index in [4.69, 9.17) is 0 Å². The molecular formula is C13H14N2O. The van der Waals surface area contributed by atoms with Gasteiger partial charge in [0.2, 0.25) is 0 Å². The zero-order valence-electron chi connectivity index (χ0n) is 9.45. The van der Waals surface area contributed by atoms with E-state index in [1.807, 2.05) is 18.2 Å². The van der Waals surface area contributed by atoms with Crippen LogP contribution in [-0.2, 0) is 6.42 Å². The van der Waals surface area contributed by atoms with E-state index in [0.717, 1.165) is 17.5 Å². The normalized spacial score (nSPS) is 10.4. The molecule has 1 aromatic carbocycles. The number of carbonyl (C=O) groups is 1. The molecule has 0 atom stereocenters. The lowest BCUT2D eigenvalue weighted by Gasteiger charge is -2.06. The molecule has 0 fully saturated rings. The molecule has 2 aromatic rings. The summed E-state index contributed by atoms with van der Waals surface area (Å²) < 4.78 is 0. The first-order valence-corrected chi connectivity index (χ1v) is 5.36. The van der Waals surface area contributed by atoms with E-state index in [1.165, 1.54) is 5.56 Å². The van der Waals surface area contributed by atoms with E-state index in [2.05, 4.69) is 23.2 Å². The second kappa shape index (κ2) is 4.31. The van der Waals surface area contributed by atoms with Gasteiger partial charge in [0.1, 0.15) is 5.69 Å². The second-order valence-corrected chi connectivity index (χ2v) is 3.73. The van der Waals surface area contributed by atoms with Crippen LogP contribution in [0, 0.1) is 0 Å². The maximum atomic E-state index is 11.4. The average Bonchev–Trinajstić information content (AvgIpc) is 2.77. The number of rotatable bonds is 3. The summed E-state index contributed by atoms with van der Waals surface area (Å²) in [5.41, 5.74) is 3.79. The lowest BCUT2D eigenvalue weighted by atomic mass is 9.98. The molecule has 1 heterocycles. The van der Waals surface area contributed by atoms with Crippen LogP contribution in [0.5, 0.6) is 0 Å². The predicted octanol–water partition coefficient (Wildman–Crippen LogP) is 2.84. The van der Waals surface area contributed by atoms with Gasteiger partial charge in [-0.3, -0.25) is 9.89 Å². The Bertz CT molecular complexity index is 514. The minimum absolute atomic E-state index is 0.0124. The number of aromatic amines is 1. The zero-order chi connectivity index (χ0) is 11.5. The van der Waals surface area contributed by atoms with Crippen molar-refractivity contribution in [2.75, 3.05) is 0 Å². The summed E-state index contributed by atoms with van der Waals surface area (Å²) in [4.78, 5) is 11.4. The first-order chi connectivity index (χ1) is 7.74. The number of aryl methyl sites for hydroxylation is 1. The third kappa shape index (κ3) is 1.76. The molecule has 0 aliphatic rings. The van der Waals surface area contributed by atoms with Crippen molar-refractivity contribution in [1.82, 2.24) is 10.2 Å². The van der Waals surface area contributed by atoms with Crippen LogP contribution >= 0.6 is 0 Å². The third-order valence-corrected chi connectivity index (χ3v) is 2.68. The molecule has 0 spiro atoms. The van der Waals surface area contributed by atoms with Gasteiger partial charge in [0.15, 0.2) is 5.78 Å². The fourth-order valence-corrected chi connectivity index (χ4v) is 1.85. The van der Waals surface area contributed by atoms with Gasteiger partial charge in [-0.15, -0.1) is 0 Å². The molecule has 82 valence electrons. The first kappa shape index (κ1) is 10.6. The highest BCUT2D eigenvalue weighted by molar-refractivity contribution is 5.99. The minimum Gasteiger partial charge on any atom is -0.293 e. The van der Waals surface area contributed by atoms with Crippen molar-refractivity contribution >= 4 is 5.78 Å². The molecule has 0 unspecified atom stereocenters. The molecule has 3 heteroatoms. The van der Waals surface area contributed by atoms with Crippen LogP contribution in [0.2, 0.25) is 0 Å². The van der Waals surface area contributed by atoms with Crippen LogP contribution < -0.4 is 0 Å². The molecule has 1 aromatic heterocycles. The molecule has 16 heavy (non-hydrogen) atoms. The van der Waals surface area contributed by atoms with Gasteiger partial charge in [-0.1, -0.05) is 31.2 Å². The Kier molecular flexibility index (Phi) is 2.86. The van der Waals surface area contributed by atoms with Gasteiger partial charge in [-0.25, -0.2) is 0 Å². The van der Waals surface area contributed by atoms with Gasteiger partial charge in [0, 0.05) is 12.5 Å². The molecule has 3 nitrogen and oxygen atoms in total. The van der Waals surface area contributed by atoms with Gasteiger partial charge in [0.05, 0.1) is 6.20 Å². The number of H-pyrrole nitrogens is 1. The van der Waals surface area contributed by atoms with E-state index < -0.39 is 0 Å². The highest BCUT2D eigenvalue weighted by atomic mass is 16.1. The van der Waals surface area contributed by atoms with Crippen molar-refractivity contribution in [3.05, 3.63) is 41.7 Å². The number of aromatic nitrogens is 2. The van der Waals surface area contributed by atoms with Gasteiger partial charge < -0.3 is 0 Å². The second-order valence-electron chi connectivity index (χ2n) is 3.73. The topological polar surface area (TPSA) is 45.8 Å². The molecule has 2 rings (SSSR count). The number of hydrogen-bond acceptors (Lipinski definition) is 2. The Labute approximate surface area is 94.5 Å². The SMILES string of the molecule is CCc1ccccc1-c1cn[nH]c1C(C)=O. The van der Waals surface area contributed by atoms with Gasteiger partial charge >= 0.3 is 0 Å². The highest BCUT2D eigenvalue weighted by Crippen LogP contribution is 2.26. The van der Waals surface area contributed by atoms with Crippen molar-refractivity contribution < 1.29 is 4.79 Å². The average molecular weight is 214 g/mol. The van der Waals surface area contributed by atoms with Crippen LogP contribution in [0.1, 0.15) is 29.9 Å². The van der Waals surface area contributed by atoms with Gasteiger partial charge in [0.25, 0.3) is 0 Å². The van der Waals surface area contributed by atoms with E-state index in [9.17, 15) is 4.79 Å². The molecule has 0 aliphatic heterocycles. The summed E-state index contributed by atoms with van der Waals surface area (Å²) in [6.45, 7) is 3.65. The van der Waals surface area contributed by atoms with Crippen LogP contribution in [0.4, 0.5) is 0 Å². The summed E-state index contributed by atoms with van der Waals surface area (Å²) in [5.74, 6) is 0.0124. The number of hydrogen-bond donors (Lipinski definition) is 1. The maximum Gasteiger partial charge on any atom is 0.178 e. The molecular weight excluding hydrogens is 200 g/mol. The summed E-state index contributed by atoms with van der Waals surface area (Å²) >= 11 is 0. The summed E-state index contributed by atoms with van der Waals surface area (Å²) in [5, 5.41) is 6.70. The van der Waals surface area contributed by atoms with Gasteiger partial charge in [-0.2, -0.15) is 5.10 Å². The first-order valence-electron chi connectivity index (χ1n) is 5.36. The molecule has 0 saturated carbocycles. The highest BCUT2D eigenvalue weighted by Gasteiger charge is 2.13. The third-order valence-electron chi connectivity index (χ3n) is 2.68. The van der Waals surface area contributed by atoms with Crippen molar-refractivity contribution in [1.29, 1.82) is 0 Å². The Morgan fingerprint density at radius 1 is 1.31 bits per heavy atom. The quantitative estimate of drug-likeness (QED) is 0.798. The molecule has 0 amide bonds.